The Morgan fingerprint density at radius 2 is 2.14 bits per heavy atom. The third-order valence-electron chi connectivity index (χ3n) is 2.36. The van der Waals surface area contributed by atoms with Crippen molar-refractivity contribution >= 4 is 44.5 Å². The Hall–Kier alpha value is -1.07. The number of carbonyl (C=O) groups excluding carboxylic acids is 1. The molecule has 0 aliphatic heterocycles. The Morgan fingerprint density at radius 3 is 2.71 bits per heavy atom. The van der Waals surface area contributed by atoms with Crippen LogP contribution in [0.3, 0.4) is 0 Å². The third kappa shape index (κ3) is 6.06. The first-order chi connectivity index (χ1) is 9.86. The SMILES string of the molecule is COCCNC(=O)CCNS(=O)(=O)c1ccc(C(N)=S)s1. The Morgan fingerprint density at radius 1 is 1.43 bits per heavy atom. The number of amides is 1. The summed E-state index contributed by atoms with van der Waals surface area (Å²) in [6.45, 7) is 0.820. The summed E-state index contributed by atoms with van der Waals surface area (Å²) >= 11 is 5.77. The predicted molar refractivity (Wildman–Crippen MR) is 84.9 cm³/mol. The van der Waals surface area contributed by atoms with Gasteiger partial charge in [-0.05, 0) is 12.1 Å². The number of methoxy groups -OCH3 is 1. The number of carbonyl (C=O) groups is 1. The van der Waals surface area contributed by atoms with Crippen LogP contribution in [0.25, 0.3) is 0 Å². The van der Waals surface area contributed by atoms with Crippen LogP contribution in [0.4, 0.5) is 0 Å². The van der Waals surface area contributed by atoms with Gasteiger partial charge in [-0.1, -0.05) is 12.2 Å². The van der Waals surface area contributed by atoms with E-state index in [1.165, 1.54) is 13.2 Å². The van der Waals surface area contributed by atoms with E-state index in [0.717, 1.165) is 11.3 Å². The average Bonchev–Trinajstić information content (AvgIpc) is 2.89. The molecule has 0 aliphatic carbocycles. The topological polar surface area (TPSA) is 111 Å². The van der Waals surface area contributed by atoms with Crippen molar-refractivity contribution in [1.82, 2.24) is 10.0 Å². The molecular weight excluding hydrogens is 334 g/mol. The molecule has 1 rings (SSSR count). The standard InChI is InChI=1S/C11H17N3O4S3/c1-18-7-6-13-9(15)4-5-14-21(16,17)10-3-2-8(20-10)11(12)19/h2-3,14H,4-7H2,1H3,(H2,12,19)(H,13,15). The van der Waals surface area contributed by atoms with E-state index >= 15 is 0 Å². The van der Waals surface area contributed by atoms with Crippen LogP contribution in [0.15, 0.2) is 16.3 Å². The van der Waals surface area contributed by atoms with Gasteiger partial charge in [0.25, 0.3) is 0 Å². The van der Waals surface area contributed by atoms with E-state index in [-0.39, 0.29) is 28.1 Å². The second-order valence-corrected chi connectivity index (χ2v) is 7.49. The molecule has 0 radical (unpaired) electrons. The Kier molecular flexibility index (Phi) is 7.18. The van der Waals surface area contributed by atoms with Gasteiger partial charge in [0.15, 0.2) is 0 Å². The summed E-state index contributed by atoms with van der Waals surface area (Å²) in [5.41, 5.74) is 5.43. The molecule has 1 aromatic heterocycles. The van der Waals surface area contributed by atoms with Crippen molar-refractivity contribution in [2.45, 2.75) is 10.6 Å². The largest absolute Gasteiger partial charge is 0.389 e. The van der Waals surface area contributed by atoms with Crippen LogP contribution < -0.4 is 15.8 Å². The van der Waals surface area contributed by atoms with Crippen LogP contribution in [0.1, 0.15) is 11.3 Å². The molecule has 1 amide bonds. The summed E-state index contributed by atoms with van der Waals surface area (Å²) in [7, 11) is -2.11. The van der Waals surface area contributed by atoms with Gasteiger partial charge < -0.3 is 15.8 Å². The van der Waals surface area contributed by atoms with Crippen LogP contribution in [0.5, 0.6) is 0 Å². The summed E-state index contributed by atoms with van der Waals surface area (Å²) in [4.78, 5) is 12.1. The Balaban J connectivity index is 2.46. The molecule has 0 fully saturated rings. The molecule has 0 bridgehead atoms. The zero-order valence-electron chi connectivity index (χ0n) is 11.4. The van der Waals surface area contributed by atoms with E-state index in [1.54, 1.807) is 6.07 Å². The minimum atomic E-state index is -3.65. The Bertz CT molecular complexity index is 598. The van der Waals surface area contributed by atoms with Gasteiger partial charge in [-0.2, -0.15) is 0 Å². The molecule has 1 aromatic rings. The number of rotatable bonds is 9. The molecule has 10 heteroatoms. The highest BCUT2D eigenvalue weighted by Gasteiger charge is 2.17. The van der Waals surface area contributed by atoms with E-state index in [2.05, 4.69) is 10.0 Å². The lowest BCUT2D eigenvalue weighted by Gasteiger charge is -2.06. The van der Waals surface area contributed by atoms with Gasteiger partial charge in [-0.15, -0.1) is 11.3 Å². The fourth-order valence-electron chi connectivity index (χ4n) is 1.35. The van der Waals surface area contributed by atoms with E-state index < -0.39 is 10.0 Å². The fourth-order valence-corrected chi connectivity index (χ4v) is 3.78. The van der Waals surface area contributed by atoms with Gasteiger partial charge in [0.1, 0.15) is 9.20 Å². The van der Waals surface area contributed by atoms with Gasteiger partial charge in [0.2, 0.25) is 15.9 Å². The molecule has 118 valence electrons. The predicted octanol–water partition coefficient (Wildman–Crippen LogP) is -0.187. The normalized spacial score (nSPS) is 11.3. The molecule has 1 heterocycles. The first-order valence-corrected chi connectivity index (χ1v) is 8.72. The van der Waals surface area contributed by atoms with Crippen molar-refractivity contribution in [3.63, 3.8) is 0 Å². The maximum atomic E-state index is 12.0. The number of sulfonamides is 1. The molecule has 0 saturated carbocycles. The summed E-state index contributed by atoms with van der Waals surface area (Å²) in [6, 6.07) is 2.99. The van der Waals surface area contributed by atoms with Crippen LogP contribution in [0, 0.1) is 0 Å². The molecule has 21 heavy (non-hydrogen) atoms. The van der Waals surface area contributed by atoms with Gasteiger partial charge in [-0.3, -0.25) is 4.79 Å². The quantitative estimate of drug-likeness (QED) is 0.420. The van der Waals surface area contributed by atoms with Crippen molar-refractivity contribution < 1.29 is 17.9 Å². The molecule has 0 saturated heterocycles. The van der Waals surface area contributed by atoms with E-state index in [1.807, 2.05) is 0 Å². The number of thiocarbonyl (C=S) groups is 1. The molecule has 0 aliphatic rings. The summed E-state index contributed by atoms with van der Waals surface area (Å²) < 4.78 is 31.2. The molecule has 7 nitrogen and oxygen atoms in total. The van der Waals surface area contributed by atoms with E-state index in [4.69, 9.17) is 22.7 Å². The highest BCUT2D eigenvalue weighted by atomic mass is 32.2. The van der Waals surface area contributed by atoms with Crippen molar-refractivity contribution in [2.24, 2.45) is 5.73 Å². The lowest BCUT2D eigenvalue weighted by Crippen LogP contribution is -2.32. The smallest absolute Gasteiger partial charge is 0.250 e. The van der Waals surface area contributed by atoms with Crippen LogP contribution in [0.2, 0.25) is 0 Å². The number of thiophene rings is 1. The summed E-state index contributed by atoms with van der Waals surface area (Å²) in [5, 5.41) is 2.60. The van der Waals surface area contributed by atoms with Crippen LogP contribution >= 0.6 is 23.6 Å². The first-order valence-electron chi connectivity index (χ1n) is 6.02. The monoisotopic (exact) mass is 351 g/mol. The maximum Gasteiger partial charge on any atom is 0.250 e. The molecular formula is C11H17N3O4S3. The molecule has 0 spiro atoms. The minimum absolute atomic E-state index is 0.0153. The van der Waals surface area contributed by atoms with Crippen LogP contribution in [-0.2, 0) is 19.6 Å². The van der Waals surface area contributed by atoms with Crippen molar-refractivity contribution in [3.8, 4) is 0 Å². The van der Waals surface area contributed by atoms with Crippen LogP contribution in [-0.4, -0.2) is 46.1 Å². The van der Waals surface area contributed by atoms with Gasteiger partial charge in [0, 0.05) is 26.6 Å². The fraction of sp³-hybridized carbons (Fsp3) is 0.455. The van der Waals surface area contributed by atoms with Crippen molar-refractivity contribution in [2.75, 3.05) is 26.8 Å². The first kappa shape index (κ1) is 18.0. The second kappa shape index (κ2) is 8.39. The van der Waals surface area contributed by atoms with E-state index in [9.17, 15) is 13.2 Å². The average molecular weight is 351 g/mol. The lowest BCUT2D eigenvalue weighted by atomic mass is 10.4. The number of nitrogens with two attached hydrogens (primary N) is 1. The number of nitrogens with one attached hydrogen (secondary N) is 2. The lowest BCUT2D eigenvalue weighted by molar-refractivity contribution is -0.121. The molecule has 0 atom stereocenters. The number of hydrogen-bond donors (Lipinski definition) is 3. The van der Waals surface area contributed by atoms with Crippen molar-refractivity contribution in [1.29, 1.82) is 0 Å². The minimum Gasteiger partial charge on any atom is -0.389 e. The van der Waals surface area contributed by atoms with E-state index in [0.29, 0.717) is 18.0 Å². The van der Waals surface area contributed by atoms with Gasteiger partial charge in [-0.25, -0.2) is 13.1 Å². The van der Waals surface area contributed by atoms with Gasteiger partial charge >= 0.3 is 0 Å². The van der Waals surface area contributed by atoms with Gasteiger partial charge in [0.05, 0.1) is 11.5 Å². The number of hydrogen-bond acceptors (Lipinski definition) is 6. The summed E-state index contributed by atoms with van der Waals surface area (Å²) in [5.74, 6) is -0.246. The second-order valence-electron chi connectivity index (χ2n) is 3.97. The highest BCUT2D eigenvalue weighted by Crippen LogP contribution is 2.21. The Labute approximate surface area is 132 Å². The highest BCUT2D eigenvalue weighted by molar-refractivity contribution is 7.91. The molecule has 0 aromatic carbocycles. The zero-order valence-corrected chi connectivity index (χ0v) is 13.9. The third-order valence-corrected chi connectivity index (χ3v) is 5.78. The number of ether oxygens (including phenoxy) is 1. The molecule has 4 N–H and O–H groups in total. The maximum absolute atomic E-state index is 12.0. The summed E-state index contributed by atoms with van der Waals surface area (Å²) in [6.07, 6.45) is 0.0521. The van der Waals surface area contributed by atoms with Crippen molar-refractivity contribution in [3.05, 3.63) is 17.0 Å². The molecule has 0 unspecified atom stereocenters. The zero-order chi connectivity index (χ0) is 15.9.